The molecule has 0 aliphatic rings. The van der Waals surface area contributed by atoms with Crippen molar-refractivity contribution < 1.29 is 9.53 Å². The molecule has 3 heteroatoms. The van der Waals surface area contributed by atoms with Crippen molar-refractivity contribution in [3.63, 3.8) is 0 Å². The molecule has 0 N–H and O–H groups in total. The molecule has 0 unspecified atom stereocenters. The number of carbonyl (C=O) groups is 1. The number of aryl methyl sites for hydroxylation is 1. The molecule has 1 rings (SSSR count). The first-order valence-electron chi connectivity index (χ1n) is 5.50. The first-order chi connectivity index (χ1) is 7.47. The molecule has 0 bridgehead atoms. The van der Waals surface area contributed by atoms with Gasteiger partial charge in [-0.25, -0.2) is 4.79 Å². The van der Waals surface area contributed by atoms with Gasteiger partial charge in [-0.1, -0.05) is 13.8 Å². The average molecular weight is 221 g/mol. The van der Waals surface area contributed by atoms with Gasteiger partial charge in [-0.2, -0.15) is 0 Å². The van der Waals surface area contributed by atoms with Crippen molar-refractivity contribution in [2.75, 3.05) is 7.11 Å². The van der Waals surface area contributed by atoms with E-state index >= 15 is 0 Å². The number of hydrogen-bond acceptors (Lipinski definition) is 3. The predicted octanol–water partition coefficient (Wildman–Crippen LogP) is 2.68. The zero-order valence-electron chi connectivity index (χ0n) is 10.6. The van der Waals surface area contributed by atoms with Crippen LogP contribution in [0.5, 0.6) is 0 Å². The van der Waals surface area contributed by atoms with E-state index in [9.17, 15) is 4.79 Å². The lowest BCUT2D eigenvalue weighted by molar-refractivity contribution is 0.0599. The Kier molecular flexibility index (Phi) is 4.05. The molecule has 0 aliphatic heterocycles. The Morgan fingerprint density at radius 1 is 1.44 bits per heavy atom. The minimum atomic E-state index is -0.310. The molecule has 0 saturated heterocycles. The second-order valence-electron chi connectivity index (χ2n) is 4.45. The Morgan fingerprint density at radius 2 is 2.06 bits per heavy atom. The zero-order chi connectivity index (χ0) is 12.3. The van der Waals surface area contributed by atoms with E-state index in [1.807, 2.05) is 13.8 Å². The maximum atomic E-state index is 11.5. The molecule has 0 radical (unpaired) electrons. The lowest BCUT2D eigenvalue weighted by atomic mass is 9.95. The maximum absolute atomic E-state index is 11.5. The van der Waals surface area contributed by atoms with Gasteiger partial charge >= 0.3 is 5.97 Å². The van der Waals surface area contributed by atoms with Crippen molar-refractivity contribution in [1.29, 1.82) is 0 Å². The highest BCUT2D eigenvalue weighted by molar-refractivity contribution is 5.91. The number of nitrogens with zero attached hydrogens (tertiary/aromatic N) is 1. The zero-order valence-corrected chi connectivity index (χ0v) is 10.6. The van der Waals surface area contributed by atoms with Crippen LogP contribution in [-0.2, 0) is 11.2 Å². The topological polar surface area (TPSA) is 39.2 Å². The van der Waals surface area contributed by atoms with Crippen molar-refractivity contribution in [3.05, 3.63) is 28.6 Å². The number of pyridine rings is 1. The molecule has 0 atom stereocenters. The molecule has 0 aromatic carbocycles. The number of esters is 1. The third kappa shape index (κ3) is 2.60. The van der Waals surface area contributed by atoms with Crippen LogP contribution in [0.3, 0.4) is 0 Å². The number of methoxy groups -OCH3 is 1. The molecule has 0 aliphatic carbocycles. The fourth-order valence-corrected chi connectivity index (χ4v) is 1.79. The van der Waals surface area contributed by atoms with Gasteiger partial charge in [0.05, 0.1) is 12.7 Å². The quantitative estimate of drug-likeness (QED) is 0.737. The molecule has 1 heterocycles. The van der Waals surface area contributed by atoms with Gasteiger partial charge in [0, 0.05) is 11.9 Å². The summed E-state index contributed by atoms with van der Waals surface area (Å²) in [5.74, 6) is 0.238. The van der Waals surface area contributed by atoms with Gasteiger partial charge < -0.3 is 4.74 Å². The Bertz CT molecular complexity index is 397. The first kappa shape index (κ1) is 12.7. The highest BCUT2D eigenvalue weighted by Gasteiger charge is 2.15. The van der Waals surface area contributed by atoms with Crippen LogP contribution in [0.25, 0.3) is 0 Å². The van der Waals surface area contributed by atoms with E-state index < -0.39 is 0 Å². The van der Waals surface area contributed by atoms with Gasteiger partial charge in [0.1, 0.15) is 0 Å². The molecule has 0 fully saturated rings. The molecule has 1 aromatic heterocycles. The van der Waals surface area contributed by atoms with Gasteiger partial charge in [0.25, 0.3) is 0 Å². The lowest BCUT2D eigenvalue weighted by Gasteiger charge is -2.14. The Morgan fingerprint density at radius 3 is 2.56 bits per heavy atom. The summed E-state index contributed by atoms with van der Waals surface area (Å²) in [5, 5.41) is 0. The van der Waals surface area contributed by atoms with Gasteiger partial charge in [0.2, 0.25) is 0 Å². The Hall–Kier alpha value is -1.38. The molecule has 0 spiro atoms. The fraction of sp³-hybridized carbons (Fsp3) is 0.538. The van der Waals surface area contributed by atoms with Crippen LogP contribution in [0.15, 0.2) is 6.20 Å². The van der Waals surface area contributed by atoms with Crippen molar-refractivity contribution in [1.82, 2.24) is 4.98 Å². The third-order valence-electron chi connectivity index (χ3n) is 2.70. The van der Waals surface area contributed by atoms with Crippen LogP contribution < -0.4 is 0 Å². The standard InChI is InChI=1S/C13H19NO2/c1-8(2)6-11-9(3)12(13(15)16-5)7-14-10(11)4/h7-8H,6H2,1-5H3. The second kappa shape index (κ2) is 5.10. The number of hydrogen-bond donors (Lipinski definition) is 0. The summed E-state index contributed by atoms with van der Waals surface area (Å²) in [6, 6.07) is 0. The summed E-state index contributed by atoms with van der Waals surface area (Å²) in [6.07, 6.45) is 2.54. The summed E-state index contributed by atoms with van der Waals surface area (Å²) in [7, 11) is 1.39. The number of carbonyl (C=O) groups excluding carboxylic acids is 1. The first-order valence-corrected chi connectivity index (χ1v) is 5.50. The van der Waals surface area contributed by atoms with E-state index in [-0.39, 0.29) is 5.97 Å². The maximum Gasteiger partial charge on any atom is 0.339 e. The minimum absolute atomic E-state index is 0.310. The highest BCUT2D eigenvalue weighted by atomic mass is 16.5. The van der Waals surface area contributed by atoms with Crippen LogP contribution >= 0.6 is 0 Å². The van der Waals surface area contributed by atoms with E-state index in [4.69, 9.17) is 4.74 Å². The van der Waals surface area contributed by atoms with Gasteiger partial charge in [-0.05, 0) is 37.3 Å². The number of aromatic nitrogens is 1. The smallest absolute Gasteiger partial charge is 0.339 e. The van der Waals surface area contributed by atoms with Gasteiger partial charge in [-0.15, -0.1) is 0 Å². The number of ether oxygens (including phenoxy) is 1. The predicted molar refractivity (Wildman–Crippen MR) is 63.6 cm³/mol. The molecular formula is C13H19NO2. The summed E-state index contributed by atoms with van der Waals surface area (Å²) in [5.41, 5.74) is 3.73. The molecular weight excluding hydrogens is 202 g/mol. The van der Waals surface area contributed by atoms with E-state index in [0.29, 0.717) is 11.5 Å². The van der Waals surface area contributed by atoms with Crippen molar-refractivity contribution in [2.45, 2.75) is 34.1 Å². The molecule has 88 valence electrons. The van der Waals surface area contributed by atoms with Crippen LogP contribution in [0.1, 0.15) is 41.0 Å². The monoisotopic (exact) mass is 221 g/mol. The lowest BCUT2D eigenvalue weighted by Crippen LogP contribution is -2.10. The molecule has 16 heavy (non-hydrogen) atoms. The highest BCUT2D eigenvalue weighted by Crippen LogP contribution is 2.20. The summed E-state index contributed by atoms with van der Waals surface area (Å²) in [4.78, 5) is 15.8. The van der Waals surface area contributed by atoms with Crippen LogP contribution in [0, 0.1) is 19.8 Å². The molecule has 1 aromatic rings. The van der Waals surface area contributed by atoms with Crippen LogP contribution in [0.2, 0.25) is 0 Å². The van der Waals surface area contributed by atoms with E-state index in [1.54, 1.807) is 6.20 Å². The van der Waals surface area contributed by atoms with E-state index in [2.05, 4.69) is 18.8 Å². The average Bonchev–Trinajstić information content (AvgIpc) is 2.23. The van der Waals surface area contributed by atoms with Crippen molar-refractivity contribution in [2.24, 2.45) is 5.92 Å². The Labute approximate surface area is 96.8 Å². The minimum Gasteiger partial charge on any atom is -0.465 e. The van der Waals surface area contributed by atoms with Gasteiger partial charge in [-0.3, -0.25) is 4.98 Å². The third-order valence-corrected chi connectivity index (χ3v) is 2.70. The molecule has 3 nitrogen and oxygen atoms in total. The molecule has 0 amide bonds. The van der Waals surface area contributed by atoms with E-state index in [1.165, 1.54) is 7.11 Å². The van der Waals surface area contributed by atoms with E-state index in [0.717, 1.165) is 23.2 Å². The van der Waals surface area contributed by atoms with Crippen molar-refractivity contribution in [3.8, 4) is 0 Å². The summed E-state index contributed by atoms with van der Waals surface area (Å²) in [6.45, 7) is 8.25. The summed E-state index contributed by atoms with van der Waals surface area (Å²) < 4.78 is 4.74. The summed E-state index contributed by atoms with van der Waals surface area (Å²) >= 11 is 0. The number of rotatable bonds is 3. The fourth-order valence-electron chi connectivity index (χ4n) is 1.79. The van der Waals surface area contributed by atoms with Gasteiger partial charge in [0.15, 0.2) is 0 Å². The van der Waals surface area contributed by atoms with Crippen LogP contribution in [0.4, 0.5) is 0 Å². The second-order valence-corrected chi connectivity index (χ2v) is 4.45. The Balaban J connectivity index is 3.21. The molecule has 0 saturated carbocycles. The SMILES string of the molecule is COC(=O)c1cnc(C)c(CC(C)C)c1C. The normalized spacial score (nSPS) is 10.6. The van der Waals surface area contributed by atoms with Crippen LogP contribution in [-0.4, -0.2) is 18.1 Å². The van der Waals surface area contributed by atoms with Crippen molar-refractivity contribution >= 4 is 5.97 Å². The largest absolute Gasteiger partial charge is 0.465 e.